The average Bonchev–Trinajstić information content (AvgIpc) is 2.45. The zero-order valence-corrected chi connectivity index (χ0v) is 16.1. The summed E-state index contributed by atoms with van der Waals surface area (Å²) in [6, 6.07) is 0.407. The predicted molar refractivity (Wildman–Crippen MR) is 99.1 cm³/mol. The molecule has 2 unspecified atom stereocenters. The van der Waals surface area contributed by atoms with Crippen LogP contribution in [-0.4, -0.2) is 35.1 Å². The number of hydrogen-bond acceptors (Lipinski definition) is 4. The van der Waals surface area contributed by atoms with Crippen molar-refractivity contribution in [3.05, 3.63) is 0 Å². The van der Waals surface area contributed by atoms with Crippen molar-refractivity contribution in [3.8, 4) is 0 Å². The van der Waals surface area contributed by atoms with Crippen LogP contribution in [-0.2, 0) is 9.59 Å². The van der Waals surface area contributed by atoms with Gasteiger partial charge >= 0.3 is 0 Å². The van der Waals surface area contributed by atoms with Crippen LogP contribution < -0.4 is 0 Å². The van der Waals surface area contributed by atoms with Gasteiger partial charge in [-0.2, -0.15) is 0 Å². The normalized spacial score (nSPS) is 24.8. The Balaban J connectivity index is 2.25. The Morgan fingerprint density at radius 1 is 0.792 bits per heavy atom. The molecule has 0 radical (unpaired) electrons. The van der Waals surface area contributed by atoms with Crippen LogP contribution in [0.3, 0.4) is 0 Å². The first-order chi connectivity index (χ1) is 11.0. The second kappa shape index (κ2) is 6.89. The minimum atomic E-state index is -0.398. The van der Waals surface area contributed by atoms with E-state index in [9.17, 15) is 9.59 Å². The third-order valence-corrected chi connectivity index (χ3v) is 5.00. The maximum absolute atomic E-state index is 12.5. The van der Waals surface area contributed by atoms with Gasteiger partial charge < -0.3 is 0 Å². The molecule has 4 heteroatoms. The van der Waals surface area contributed by atoms with Crippen molar-refractivity contribution in [2.75, 3.05) is 0 Å². The molecule has 1 aliphatic heterocycles. The van der Waals surface area contributed by atoms with Gasteiger partial charge in [-0.1, -0.05) is 54.4 Å². The molecule has 1 fully saturated rings. The first-order valence-electron chi connectivity index (χ1n) is 9.19. The molecular formula is C20H32N2O2. The van der Waals surface area contributed by atoms with Crippen molar-refractivity contribution in [1.29, 1.82) is 0 Å². The lowest BCUT2D eigenvalue weighted by atomic mass is 9.82. The standard InChI is InChI=1S/C20H32N2O2/c1-19(2,3)17(23)11-15-16(12-18(24)20(4,5)6)22-14-10-8-7-9-13(14)21-15/h13-14H,7-12H2,1-6H3. The smallest absolute Gasteiger partial charge is 0.144 e. The minimum Gasteiger partial charge on any atom is -0.299 e. The first-order valence-corrected chi connectivity index (χ1v) is 9.19. The first kappa shape index (κ1) is 19.0. The fraction of sp³-hybridized carbons (Fsp3) is 0.800. The van der Waals surface area contributed by atoms with Gasteiger partial charge in [0.2, 0.25) is 0 Å². The summed E-state index contributed by atoms with van der Waals surface area (Å²) in [5, 5.41) is 0. The Morgan fingerprint density at radius 2 is 1.12 bits per heavy atom. The number of fused-ring (bicyclic) bond motifs is 1. The van der Waals surface area contributed by atoms with Crippen LogP contribution in [0.4, 0.5) is 0 Å². The monoisotopic (exact) mass is 332 g/mol. The molecule has 0 aromatic heterocycles. The number of aliphatic imine (C=N–C) groups is 2. The second-order valence-corrected chi connectivity index (χ2v) is 9.27. The van der Waals surface area contributed by atoms with Gasteiger partial charge in [0.15, 0.2) is 0 Å². The van der Waals surface area contributed by atoms with Crippen molar-refractivity contribution in [3.63, 3.8) is 0 Å². The van der Waals surface area contributed by atoms with Crippen LogP contribution in [0.5, 0.6) is 0 Å². The lowest BCUT2D eigenvalue weighted by molar-refractivity contribution is -0.125. The van der Waals surface area contributed by atoms with Crippen molar-refractivity contribution in [1.82, 2.24) is 0 Å². The van der Waals surface area contributed by atoms with E-state index in [-0.39, 0.29) is 23.7 Å². The fourth-order valence-corrected chi connectivity index (χ4v) is 3.07. The molecule has 0 bridgehead atoms. The Kier molecular flexibility index (Phi) is 5.46. The molecule has 0 spiro atoms. The van der Waals surface area contributed by atoms with Gasteiger partial charge in [0.1, 0.15) is 11.6 Å². The van der Waals surface area contributed by atoms with Crippen LogP contribution in [0.1, 0.15) is 80.1 Å². The number of carbonyl (C=O) groups is 2. The van der Waals surface area contributed by atoms with Crippen molar-refractivity contribution < 1.29 is 9.59 Å². The van der Waals surface area contributed by atoms with Crippen molar-refractivity contribution in [2.24, 2.45) is 20.8 Å². The molecule has 24 heavy (non-hydrogen) atoms. The number of hydrogen-bond donors (Lipinski definition) is 0. The third-order valence-electron chi connectivity index (χ3n) is 5.00. The quantitative estimate of drug-likeness (QED) is 0.774. The Bertz CT molecular complexity index is 521. The Labute approximate surface area is 146 Å². The van der Waals surface area contributed by atoms with Crippen LogP contribution in [0, 0.1) is 10.8 Å². The highest BCUT2D eigenvalue weighted by atomic mass is 16.1. The van der Waals surface area contributed by atoms with Crippen LogP contribution in [0.2, 0.25) is 0 Å². The molecule has 1 heterocycles. The molecule has 0 N–H and O–H groups in total. The van der Waals surface area contributed by atoms with Crippen LogP contribution >= 0.6 is 0 Å². The molecule has 0 amide bonds. The summed E-state index contributed by atoms with van der Waals surface area (Å²) in [5.74, 6) is 0.317. The lowest BCUT2D eigenvalue weighted by Gasteiger charge is -2.32. The van der Waals surface area contributed by atoms with E-state index >= 15 is 0 Å². The molecule has 2 atom stereocenters. The zero-order chi connectivity index (χ0) is 18.1. The number of ketones is 2. The topological polar surface area (TPSA) is 58.9 Å². The van der Waals surface area contributed by atoms with E-state index in [0.29, 0.717) is 12.8 Å². The highest BCUT2D eigenvalue weighted by molar-refractivity contribution is 6.48. The van der Waals surface area contributed by atoms with E-state index in [1.165, 1.54) is 12.8 Å². The van der Waals surface area contributed by atoms with Gasteiger partial charge in [0.25, 0.3) is 0 Å². The van der Waals surface area contributed by atoms with Gasteiger partial charge in [-0.05, 0) is 12.8 Å². The average molecular weight is 332 g/mol. The molecule has 0 saturated heterocycles. The van der Waals surface area contributed by atoms with Gasteiger partial charge in [0, 0.05) is 10.8 Å². The molecule has 4 nitrogen and oxygen atoms in total. The second-order valence-electron chi connectivity index (χ2n) is 9.27. The molecule has 1 saturated carbocycles. The zero-order valence-electron chi connectivity index (χ0n) is 16.1. The summed E-state index contributed by atoms with van der Waals surface area (Å²) < 4.78 is 0. The molecule has 1 aliphatic carbocycles. The van der Waals surface area contributed by atoms with Crippen LogP contribution in [0.15, 0.2) is 9.98 Å². The summed E-state index contributed by atoms with van der Waals surface area (Å²) >= 11 is 0. The maximum atomic E-state index is 12.5. The van der Waals surface area contributed by atoms with Crippen LogP contribution in [0.25, 0.3) is 0 Å². The van der Waals surface area contributed by atoms with Crippen molar-refractivity contribution in [2.45, 2.75) is 92.2 Å². The predicted octanol–water partition coefficient (Wildman–Crippen LogP) is 4.20. The Hall–Kier alpha value is -1.32. The van der Waals surface area contributed by atoms with E-state index in [1.54, 1.807) is 0 Å². The molecule has 134 valence electrons. The maximum Gasteiger partial charge on any atom is 0.144 e. The van der Waals surface area contributed by atoms with E-state index in [1.807, 2.05) is 41.5 Å². The van der Waals surface area contributed by atoms with Gasteiger partial charge in [0.05, 0.1) is 36.3 Å². The van der Waals surface area contributed by atoms with E-state index < -0.39 is 10.8 Å². The SMILES string of the molecule is CC(C)(C)C(=O)CC1=NC2CCCCC2N=C1CC(=O)C(C)(C)C. The number of Topliss-reactive ketones (excluding diaryl/α,β-unsaturated/α-hetero) is 2. The van der Waals surface area contributed by atoms with E-state index in [4.69, 9.17) is 9.98 Å². The third kappa shape index (κ3) is 4.61. The molecule has 0 aromatic rings. The molecular weight excluding hydrogens is 300 g/mol. The molecule has 0 aromatic carbocycles. The van der Waals surface area contributed by atoms with E-state index in [0.717, 1.165) is 24.3 Å². The summed E-state index contributed by atoms with van der Waals surface area (Å²) in [6.07, 6.45) is 5.03. The largest absolute Gasteiger partial charge is 0.299 e. The summed E-state index contributed by atoms with van der Waals surface area (Å²) in [4.78, 5) is 34.8. The van der Waals surface area contributed by atoms with E-state index in [2.05, 4.69) is 0 Å². The summed E-state index contributed by atoms with van der Waals surface area (Å²) in [7, 11) is 0. The van der Waals surface area contributed by atoms with Gasteiger partial charge in [-0.15, -0.1) is 0 Å². The summed E-state index contributed by atoms with van der Waals surface area (Å²) in [6.45, 7) is 11.6. The summed E-state index contributed by atoms with van der Waals surface area (Å²) in [5.41, 5.74) is 0.724. The highest BCUT2D eigenvalue weighted by Crippen LogP contribution is 2.29. The minimum absolute atomic E-state index is 0.159. The number of carbonyl (C=O) groups excluding carboxylic acids is 2. The molecule has 2 rings (SSSR count). The molecule has 2 aliphatic rings. The number of rotatable bonds is 4. The number of nitrogens with zero attached hydrogens (tertiary/aromatic N) is 2. The van der Waals surface area contributed by atoms with Gasteiger partial charge in [-0.3, -0.25) is 19.6 Å². The Morgan fingerprint density at radius 3 is 1.42 bits per heavy atom. The van der Waals surface area contributed by atoms with Crippen molar-refractivity contribution >= 4 is 23.0 Å². The lowest BCUT2D eigenvalue weighted by Crippen LogP contribution is -2.39. The highest BCUT2D eigenvalue weighted by Gasteiger charge is 2.34. The fourth-order valence-electron chi connectivity index (χ4n) is 3.07. The van der Waals surface area contributed by atoms with Gasteiger partial charge in [-0.25, -0.2) is 0 Å².